The first-order valence-corrected chi connectivity index (χ1v) is 6.59. The fraction of sp³-hybridized carbons (Fsp3) is 0.538. The third-order valence-electron chi connectivity index (χ3n) is 2.99. The Labute approximate surface area is 106 Å². The van der Waals surface area contributed by atoms with Crippen LogP contribution in [-0.4, -0.2) is 18.7 Å². The second-order valence-electron chi connectivity index (χ2n) is 4.50. The van der Waals surface area contributed by atoms with Crippen LogP contribution in [0.25, 0.3) is 0 Å². The topological polar surface area (TPSA) is 21.3 Å². The first-order chi connectivity index (χ1) is 7.66. The number of benzene rings is 1. The van der Waals surface area contributed by atoms with Crippen molar-refractivity contribution in [2.75, 3.05) is 6.54 Å². The summed E-state index contributed by atoms with van der Waals surface area (Å²) in [6.45, 7) is 5.24. The number of ether oxygens (including phenoxy) is 1. The number of hydrogen-bond donors (Lipinski definition) is 1. The number of hydrogen-bond acceptors (Lipinski definition) is 2. The fourth-order valence-corrected chi connectivity index (χ4v) is 2.73. The van der Waals surface area contributed by atoms with E-state index in [1.807, 2.05) is 6.07 Å². The summed E-state index contributed by atoms with van der Waals surface area (Å²) in [6.07, 6.45) is 1.53. The predicted molar refractivity (Wildman–Crippen MR) is 69.5 cm³/mol. The first-order valence-electron chi connectivity index (χ1n) is 5.80. The third kappa shape index (κ3) is 2.84. The largest absolute Gasteiger partial charge is 0.369 e. The van der Waals surface area contributed by atoms with Gasteiger partial charge in [-0.25, -0.2) is 0 Å². The maximum atomic E-state index is 6.06. The van der Waals surface area contributed by atoms with Gasteiger partial charge in [-0.2, -0.15) is 0 Å². The molecule has 0 saturated carbocycles. The van der Waals surface area contributed by atoms with Crippen molar-refractivity contribution in [3.8, 4) is 0 Å². The number of nitrogens with one attached hydrogen (secondary N) is 1. The zero-order chi connectivity index (χ0) is 11.5. The molecule has 1 N–H and O–H groups in total. The van der Waals surface area contributed by atoms with E-state index in [2.05, 4.69) is 53.3 Å². The Balaban J connectivity index is 2.17. The third-order valence-corrected chi connectivity index (χ3v) is 3.71. The molecule has 0 amide bonds. The van der Waals surface area contributed by atoms with Gasteiger partial charge >= 0.3 is 0 Å². The summed E-state index contributed by atoms with van der Waals surface area (Å²) in [7, 11) is 0. The van der Waals surface area contributed by atoms with Crippen LogP contribution in [0.3, 0.4) is 0 Å². The van der Waals surface area contributed by atoms with Gasteiger partial charge in [0.2, 0.25) is 0 Å². The van der Waals surface area contributed by atoms with Crippen LogP contribution >= 0.6 is 15.9 Å². The quantitative estimate of drug-likeness (QED) is 0.854. The summed E-state index contributed by atoms with van der Waals surface area (Å²) >= 11 is 3.58. The minimum Gasteiger partial charge on any atom is -0.369 e. The molecular formula is C13H18BrNO. The maximum Gasteiger partial charge on any atom is 0.0963 e. The zero-order valence-electron chi connectivity index (χ0n) is 9.74. The molecule has 1 fully saturated rings. The molecule has 1 saturated heterocycles. The Morgan fingerprint density at radius 1 is 1.31 bits per heavy atom. The van der Waals surface area contributed by atoms with E-state index in [0.29, 0.717) is 12.1 Å². The summed E-state index contributed by atoms with van der Waals surface area (Å²) < 4.78 is 7.18. The molecule has 1 aliphatic heterocycles. The van der Waals surface area contributed by atoms with E-state index in [9.17, 15) is 0 Å². The van der Waals surface area contributed by atoms with Gasteiger partial charge in [-0.05, 0) is 31.9 Å². The van der Waals surface area contributed by atoms with Crippen molar-refractivity contribution in [1.82, 2.24) is 5.32 Å². The Morgan fingerprint density at radius 2 is 2.06 bits per heavy atom. The van der Waals surface area contributed by atoms with Gasteiger partial charge in [-0.3, -0.25) is 0 Å². The summed E-state index contributed by atoms with van der Waals surface area (Å²) in [5.41, 5.74) is 1.23. The van der Waals surface area contributed by atoms with E-state index in [1.54, 1.807) is 0 Å². The predicted octanol–water partition coefficient (Wildman–Crippen LogP) is 3.28. The van der Waals surface area contributed by atoms with Crippen LogP contribution < -0.4 is 5.32 Å². The monoisotopic (exact) mass is 283 g/mol. The SMILES string of the molecule is CC1CC(C)OC(c2ccccc2Br)CN1. The summed E-state index contributed by atoms with van der Waals surface area (Å²) in [5, 5.41) is 3.50. The molecule has 0 aromatic heterocycles. The minimum atomic E-state index is 0.149. The Hall–Kier alpha value is -0.380. The minimum absolute atomic E-state index is 0.149. The van der Waals surface area contributed by atoms with Gasteiger partial charge in [0.05, 0.1) is 12.2 Å². The van der Waals surface area contributed by atoms with Crippen molar-refractivity contribution in [2.24, 2.45) is 0 Å². The van der Waals surface area contributed by atoms with Crippen molar-refractivity contribution < 1.29 is 4.74 Å². The standard InChI is InChI=1S/C13H18BrNO/c1-9-7-10(2)16-13(8-15-9)11-5-3-4-6-12(11)14/h3-6,9-10,13,15H,7-8H2,1-2H3. The molecule has 2 rings (SSSR count). The Morgan fingerprint density at radius 3 is 2.81 bits per heavy atom. The van der Waals surface area contributed by atoms with Gasteiger partial charge in [-0.1, -0.05) is 34.1 Å². The van der Waals surface area contributed by atoms with E-state index < -0.39 is 0 Å². The van der Waals surface area contributed by atoms with Crippen LogP contribution in [0.4, 0.5) is 0 Å². The van der Waals surface area contributed by atoms with Crippen LogP contribution in [0.2, 0.25) is 0 Å². The van der Waals surface area contributed by atoms with Gasteiger partial charge in [-0.15, -0.1) is 0 Å². The Kier molecular flexibility index (Phi) is 4.00. The first kappa shape index (κ1) is 12.1. The van der Waals surface area contributed by atoms with Crippen molar-refractivity contribution >= 4 is 15.9 Å². The Bertz CT molecular complexity index is 356. The van der Waals surface area contributed by atoms with Crippen molar-refractivity contribution in [1.29, 1.82) is 0 Å². The maximum absolute atomic E-state index is 6.06. The van der Waals surface area contributed by atoms with Crippen molar-refractivity contribution in [3.05, 3.63) is 34.3 Å². The van der Waals surface area contributed by atoms with E-state index in [4.69, 9.17) is 4.74 Å². The fourth-order valence-electron chi connectivity index (χ4n) is 2.19. The van der Waals surface area contributed by atoms with Crippen LogP contribution in [-0.2, 0) is 4.74 Å². The van der Waals surface area contributed by atoms with Crippen molar-refractivity contribution in [3.63, 3.8) is 0 Å². The highest BCUT2D eigenvalue weighted by Crippen LogP contribution is 2.28. The molecule has 0 bridgehead atoms. The van der Waals surface area contributed by atoms with E-state index in [0.717, 1.165) is 17.4 Å². The molecule has 3 heteroatoms. The average molecular weight is 284 g/mol. The lowest BCUT2D eigenvalue weighted by molar-refractivity contribution is 0.00681. The zero-order valence-corrected chi connectivity index (χ0v) is 11.3. The second kappa shape index (κ2) is 5.30. The van der Waals surface area contributed by atoms with Gasteiger partial charge in [0.15, 0.2) is 0 Å². The molecule has 3 atom stereocenters. The molecule has 0 spiro atoms. The van der Waals surface area contributed by atoms with Crippen LogP contribution in [0.15, 0.2) is 28.7 Å². The highest BCUT2D eigenvalue weighted by atomic mass is 79.9. The highest BCUT2D eigenvalue weighted by Gasteiger charge is 2.23. The lowest BCUT2D eigenvalue weighted by Gasteiger charge is -2.19. The molecule has 1 aromatic rings. The lowest BCUT2D eigenvalue weighted by atomic mass is 10.1. The summed E-state index contributed by atoms with van der Waals surface area (Å²) in [6, 6.07) is 8.81. The van der Waals surface area contributed by atoms with E-state index in [1.165, 1.54) is 5.56 Å². The van der Waals surface area contributed by atoms with Gasteiger partial charge < -0.3 is 10.1 Å². The second-order valence-corrected chi connectivity index (χ2v) is 5.36. The summed E-state index contributed by atoms with van der Waals surface area (Å²) in [4.78, 5) is 0. The smallest absolute Gasteiger partial charge is 0.0963 e. The molecule has 88 valence electrons. The molecule has 0 radical (unpaired) electrons. The molecule has 0 aliphatic carbocycles. The van der Waals surface area contributed by atoms with Gasteiger partial charge in [0.25, 0.3) is 0 Å². The van der Waals surface area contributed by atoms with Crippen molar-refractivity contribution in [2.45, 2.75) is 38.5 Å². The number of rotatable bonds is 1. The molecular weight excluding hydrogens is 266 g/mol. The number of halogens is 1. The molecule has 16 heavy (non-hydrogen) atoms. The molecule has 3 unspecified atom stereocenters. The van der Waals surface area contributed by atoms with E-state index in [-0.39, 0.29) is 6.10 Å². The van der Waals surface area contributed by atoms with Crippen LogP contribution in [0.1, 0.15) is 31.9 Å². The molecule has 1 aliphatic rings. The summed E-state index contributed by atoms with van der Waals surface area (Å²) in [5.74, 6) is 0. The highest BCUT2D eigenvalue weighted by molar-refractivity contribution is 9.10. The lowest BCUT2D eigenvalue weighted by Crippen LogP contribution is -2.28. The normalized spacial score (nSPS) is 31.1. The molecule has 2 nitrogen and oxygen atoms in total. The van der Waals surface area contributed by atoms with E-state index >= 15 is 0 Å². The molecule has 1 heterocycles. The molecule has 1 aromatic carbocycles. The average Bonchev–Trinajstić information content (AvgIpc) is 2.40. The van der Waals surface area contributed by atoms with Crippen LogP contribution in [0, 0.1) is 0 Å². The van der Waals surface area contributed by atoms with Gasteiger partial charge in [0.1, 0.15) is 0 Å². The van der Waals surface area contributed by atoms with Crippen LogP contribution in [0.5, 0.6) is 0 Å². The van der Waals surface area contributed by atoms with Gasteiger partial charge in [0, 0.05) is 17.1 Å².